The Bertz CT molecular complexity index is 915. The number of halogens is 1. The smallest absolute Gasteiger partial charge is 0.272 e. The fourth-order valence-corrected chi connectivity index (χ4v) is 2.12. The molecule has 0 atom stereocenters. The molecule has 3 aromatic rings. The Balaban J connectivity index is 1.58. The van der Waals surface area contributed by atoms with Crippen LogP contribution in [0.3, 0.4) is 0 Å². The van der Waals surface area contributed by atoms with E-state index in [1.807, 2.05) is 0 Å². The van der Waals surface area contributed by atoms with E-state index < -0.39 is 17.6 Å². The second-order valence-electron chi connectivity index (χ2n) is 5.20. The largest absolute Gasteiger partial charge is 0.456 e. The highest BCUT2D eigenvalue weighted by Gasteiger charge is 2.12. The van der Waals surface area contributed by atoms with Crippen molar-refractivity contribution in [1.29, 1.82) is 0 Å². The summed E-state index contributed by atoms with van der Waals surface area (Å²) in [4.78, 5) is 27.9. The van der Waals surface area contributed by atoms with Crippen LogP contribution in [0.1, 0.15) is 20.7 Å². The maximum atomic E-state index is 13.5. The van der Waals surface area contributed by atoms with Crippen molar-refractivity contribution in [2.24, 2.45) is 0 Å². The molecule has 3 rings (SSSR count). The zero-order chi connectivity index (χ0) is 18.4. The molecule has 0 aliphatic rings. The number of nitrogens with one attached hydrogen (secondary N) is 2. The van der Waals surface area contributed by atoms with Gasteiger partial charge < -0.3 is 4.74 Å². The minimum Gasteiger partial charge on any atom is -0.456 e. The second kappa shape index (κ2) is 7.89. The number of benzene rings is 2. The number of hydrogen-bond donors (Lipinski definition) is 2. The summed E-state index contributed by atoms with van der Waals surface area (Å²) in [6, 6.07) is 15.3. The minimum atomic E-state index is -0.743. The number of hydrazine groups is 1. The number of carbonyl (C=O) groups is 2. The highest BCUT2D eigenvalue weighted by molar-refractivity contribution is 5.99. The molecule has 26 heavy (non-hydrogen) atoms. The standard InChI is InChI=1S/C19H14FN3O3/c20-17-6-2-1-5-16(17)19(25)23-22-18(24)13-7-9-14(10-8-13)26-15-4-3-11-21-12-15/h1-12H,(H,22,24)(H,23,25). The van der Waals surface area contributed by atoms with E-state index in [0.29, 0.717) is 17.1 Å². The zero-order valence-electron chi connectivity index (χ0n) is 13.5. The summed E-state index contributed by atoms with van der Waals surface area (Å²) in [6.45, 7) is 0. The van der Waals surface area contributed by atoms with Gasteiger partial charge in [0.15, 0.2) is 0 Å². The molecule has 0 radical (unpaired) electrons. The first-order valence-electron chi connectivity index (χ1n) is 7.66. The van der Waals surface area contributed by atoms with Crippen LogP contribution in [0, 0.1) is 5.82 Å². The molecule has 7 heteroatoms. The maximum Gasteiger partial charge on any atom is 0.272 e. The summed E-state index contributed by atoms with van der Waals surface area (Å²) in [5, 5.41) is 0. The Morgan fingerprint density at radius 2 is 1.58 bits per heavy atom. The number of nitrogens with zero attached hydrogens (tertiary/aromatic N) is 1. The van der Waals surface area contributed by atoms with Crippen LogP contribution in [0.4, 0.5) is 4.39 Å². The van der Waals surface area contributed by atoms with Crippen LogP contribution in [0.2, 0.25) is 0 Å². The van der Waals surface area contributed by atoms with Crippen LogP contribution in [-0.2, 0) is 0 Å². The van der Waals surface area contributed by atoms with Crippen LogP contribution in [-0.4, -0.2) is 16.8 Å². The van der Waals surface area contributed by atoms with Gasteiger partial charge in [-0.25, -0.2) is 4.39 Å². The Labute approximate surface area is 148 Å². The number of hydrogen-bond acceptors (Lipinski definition) is 4. The lowest BCUT2D eigenvalue weighted by Gasteiger charge is -2.09. The van der Waals surface area contributed by atoms with Crippen molar-refractivity contribution >= 4 is 11.8 Å². The average molecular weight is 351 g/mol. The van der Waals surface area contributed by atoms with Gasteiger partial charge in [-0.1, -0.05) is 12.1 Å². The number of amides is 2. The van der Waals surface area contributed by atoms with Crippen molar-refractivity contribution in [2.75, 3.05) is 0 Å². The molecule has 0 saturated heterocycles. The lowest BCUT2D eigenvalue weighted by Crippen LogP contribution is -2.41. The predicted octanol–water partition coefficient (Wildman–Crippen LogP) is 3.09. The van der Waals surface area contributed by atoms with Gasteiger partial charge in [-0.3, -0.25) is 25.4 Å². The molecule has 2 aromatic carbocycles. The van der Waals surface area contributed by atoms with Gasteiger partial charge in [-0.15, -0.1) is 0 Å². The molecule has 0 fully saturated rings. The summed E-state index contributed by atoms with van der Waals surface area (Å²) in [7, 11) is 0. The van der Waals surface area contributed by atoms with Gasteiger partial charge in [0, 0.05) is 11.8 Å². The normalized spacial score (nSPS) is 10.0. The van der Waals surface area contributed by atoms with Crippen LogP contribution in [0.15, 0.2) is 73.1 Å². The first kappa shape index (κ1) is 17.1. The van der Waals surface area contributed by atoms with Crippen molar-refractivity contribution in [1.82, 2.24) is 15.8 Å². The topological polar surface area (TPSA) is 80.3 Å². The Morgan fingerprint density at radius 3 is 2.27 bits per heavy atom. The molecule has 1 heterocycles. The predicted molar refractivity (Wildman–Crippen MR) is 92.1 cm³/mol. The van der Waals surface area contributed by atoms with Crippen LogP contribution < -0.4 is 15.6 Å². The van der Waals surface area contributed by atoms with Gasteiger partial charge in [0.05, 0.1) is 11.8 Å². The van der Waals surface area contributed by atoms with Crippen molar-refractivity contribution in [3.8, 4) is 11.5 Å². The highest BCUT2D eigenvalue weighted by atomic mass is 19.1. The quantitative estimate of drug-likeness (QED) is 0.708. The molecule has 1 aromatic heterocycles. The van der Waals surface area contributed by atoms with E-state index in [4.69, 9.17) is 4.74 Å². The molecule has 0 aliphatic carbocycles. The van der Waals surface area contributed by atoms with E-state index in [-0.39, 0.29) is 5.56 Å². The number of carbonyl (C=O) groups excluding carboxylic acids is 2. The molecule has 0 aliphatic heterocycles. The van der Waals surface area contributed by atoms with Crippen molar-refractivity contribution < 1.29 is 18.7 Å². The minimum absolute atomic E-state index is 0.159. The summed E-state index contributed by atoms with van der Waals surface area (Å²) >= 11 is 0. The summed E-state index contributed by atoms with van der Waals surface area (Å²) in [5.41, 5.74) is 4.56. The van der Waals surface area contributed by atoms with Crippen molar-refractivity contribution in [3.05, 3.63) is 90.0 Å². The first-order chi connectivity index (χ1) is 12.6. The summed E-state index contributed by atoms with van der Waals surface area (Å²) in [6.07, 6.45) is 3.20. The number of pyridine rings is 1. The summed E-state index contributed by atoms with van der Waals surface area (Å²) in [5.74, 6) is -0.849. The van der Waals surface area contributed by atoms with Crippen LogP contribution in [0.25, 0.3) is 0 Å². The molecule has 130 valence electrons. The number of ether oxygens (including phenoxy) is 1. The van der Waals surface area contributed by atoms with Gasteiger partial charge in [0.25, 0.3) is 11.8 Å². The van der Waals surface area contributed by atoms with E-state index in [2.05, 4.69) is 15.8 Å². The molecule has 0 bridgehead atoms. The van der Waals surface area contributed by atoms with Gasteiger partial charge in [-0.2, -0.15) is 0 Å². The molecule has 2 N–H and O–H groups in total. The van der Waals surface area contributed by atoms with Crippen LogP contribution in [0.5, 0.6) is 11.5 Å². The van der Waals surface area contributed by atoms with E-state index in [9.17, 15) is 14.0 Å². The molecule has 0 unspecified atom stereocenters. The summed E-state index contributed by atoms with van der Waals surface area (Å²) < 4.78 is 19.1. The average Bonchev–Trinajstić information content (AvgIpc) is 2.67. The number of aromatic nitrogens is 1. The Kier molecular flexibility index (Phi) is 5.19. The van der Waals surface area contributed by atoms with Gasteiger partial charge in [0.2, 0.25) is 0 Å². The molecular weight excluding hydrogens is 337 g/mol. The molecule has 0 saturated carbocycles. The monoisotopic (exact) mass is 351 g/mol. The number of rotatable bonds is 4. The van der Waals surface area contributed by atoms with Crippen molar-refractivity contribution in [3.63, 3.8) is 0 Å². The second-order valence-corrected chi connectivity index (χ2v) is 5.20. The van der Waals surface area contributed by atoms with Crippen molar-refractivity contribution in [2.45, 2.75) is 0 Å². The van der Waals surface area contributed by atoms with Gasteiger partial charge in [-0.05, 0) is 48.5 Å². The lowest BCUT2D eigenvalue weighted by molar-refractivity contribution is 0.0844. The Morgan fingerprint density at radius 1 is 0.846 bits per heavy atom. The van der Waals surface area contributed by atoms with E-state index >= 15 is 0 Å². The maximum absolute atomic E-state index is 13.5. The molecule has 2 amide bonds. The lowest BCUT2D eigenvalue weighted by atomic mass is 10.2. The Hall–Kier alpha value is -3.74. The van der Waals surface area contributed by atoms with Gasteiger partial charge >= 0.3 is 0 Å². The van der Waals surface area contributed by atoms with Crippen LogP contribution >= 0.6 is 0 Å². The fourth-order valence-electron chi connectivity index (χ4n) is 2.12. The van der Waals surface area contributed by atoms with E-state index in [0.717, 1.165) is 6.07 Å². The third kappa shape index (κ3) is 4.21. The third-order valence-corrected chi connectivity index (χ3v) is 3.39. The molecule has 0 spiro atoms. The fraction of sp³-hybridized carbons (Fsp3) is 0. The highest BCUT2D eigenvalue weighted by Crippen LogP contribution is 2.20. The van der Waals surface area contributed by atoms with Gasteiger partial charge in [0.1, 0.15) is 17.3 Å². The SMILES string of the molecule is O=C(NNC(=O)c1ccccc1F)c1ccc(Oc2cccnc2)cc1. The third-order valence-electron chi connectivity index (χ3n) is 3.39. The van der Waals surface area contributed by atoms with E-state index in [1.165, 1.54) is 30.3 Å². The zero-order valence-corrected chi connectivity index (χ0v) is 13.5. The first-order valence-corrected chi connectivity index (χ1v) is 7.66. The molecular formula is C19H14FN3O3. The van der Waals surface area contributed by atoms with E-state index in [1.54, 1.807) is 36.7 Å². The molecule has 6 nitrogen and oxygen atoms in total.